The van der Waals surface area contributed by atoms with Crippen molar-refractivity contribution >= 4 is 12.1 Å². The van der Waals surface area contributed by atoms with Gasteiger partial charge < -0.3 is 0 Å². The van der Waals surface area contributed by atoms with Crippen molar-refractivity contribution in [1.29, 1.82) is 0 Å². The first-order chi connectivity index (χ1) is 10.7. The van der Waals surface area contributed by atoms with Crippen LogP contribution < -0.4 is 5.43 Å². The van der Waals surface area contributed by atoms with Crippen molar-refractivity contribution < 1.29 is 4.79 Å². The predicted molar refractivity (Wildman–Crippen MR) is 85.4 cm³/mol. The van der Waals surface area contributed by atoms with Crippen LogP contribution in [0.1, 0.15) is 55.3 Å². The molecule has 1 N–H and O–H groups in total. The molecule has 0 saturated heterocycles. The first-order valence-corrected chi connectivity index (χ1v) is 8.44. The van der Waals surface area contributed by atoms with Gasteiger partial charge in [0.05, 0.1) is 0 Å². The monoisotopic (exact) mass is 297 g/mol. The third-order valence-corrected chi connectivity index (χ3v) is 5.89. The second-order valence-electron chi connectivity index (χ2n) is 7.61. The summed E-state index contributed by atoms with van der Waals surface area (Å²) in [5.41, 5.74) is 3.72. The Morgan fingerprint density at radius 1 is 1.18 bits per heavy atom. The molecule has 5 rings (SSSR count). The molecule has 0 aliphatic heterocycles. The second kappa shape index (κ2) is 5.49. The zero-order valence-electron chi connectivity index (χ0n) is 12.9. The molecule has 0 radical (unpaired) electrons. The van der Waals surface area contributed by atoms with E-state index >= 15 is 0 Å². The first-order valence-electron chi connectivity index (χ1n) is 8.44. The van der Waals surface area contributed by atoms with E-state index in [2.05, 4.69) is 15.5 Å². The molecule has 4 bridgehead atoms. The van der Waals surface area contributed by atoms with E-state index in [1.165, 1.54) is 38.5 Å². The summed E-state index contributed by atoms with van der Waals surface area (Å²) in [6.45, 7) is 0. The number of hydrogen-bond acceptors (Lipinski definition) is 3. The topological polar surface area (TPSA) is 54.4 Å². The molecule has 1 aromatic heterocycles. The van der Waals surface area contributed by atoms with Crippen LogP contribution in [0.2, 0.25) is 0 Å². The van der Waals surface area contributed by atoms with E-state index in [0.717, 1.165) is 24.2 Å². The van der Waals surface area contributed by atoms with Crippen molar-refractivity contribution in [2.75, 3.05) is 0 Å². The van der Waals surface area contributed by atoms with Gasteiger partial charge in [0.15, 0.2) is 0 Å². The molecule has 0 atom stereocenters. The van der Waals surface area contributed by atoms with E-state index in [0.29, 0.717) is 11.0 Å². The summed E-state index contributed by atoms with van der Waals surface area (Å²) >= 11 is 0. The van der Waals surface area contributed by atoms with Gasteiger partial charge in [-0.3, -0.25) is 9.78 Å². The lowest BCUT2D eigenvalue weighted by molar-refractivity contribution is -0.0476. The highest BCUT2D eigenvalue weighted by Crippen LogP contribution is 2.61. The van der Waals surface area contributed by atoms with Crippen molar-refractivity contribution in [3.63, 3.8) is 0 Å². The molecule has 0 aromatic carbocycles. The quantitative estimate of drug-likeness (QED) is 0.684. The third-order valence-electron chi connectivity index (χ3n) is 5.89. The number of hydrogen-bond donors (Lipinski definition) is 1. The van der Waals surface area contributed by atoms with Crippen molar-refractivity contribution in [1.82, 2.24) is 10.4 Å². The van der Waals surface area contributed by atoms with Gasteiger partial charge in [-0.1, -0.05) is 0 Å². The van der Waals surface area contributed by atoms with Gasteiger partial charge in [0, 0.05) is 24.2 Å². The lowest BCUT2D eigenvalue weighted by Crippen LogP contribution is -2.46. The number of nitrogens with zero attached hydrogens (tertiary/aromatic N) is 2. The molecule has 1 heterocycles. The van der Waals surface area contributed by atoms with Crippen LogP contribution in [0.3, 0.4) is 0 Å². The molecular formula is C18H23N3O. The minimum atomic E-state index is -0.163. The Morgan fingerprint density at radius 3 is 2.36 bits per heavy atom. The highest BCUT2D eigenvalue weighted by Gasteiger charge is 2.50. The second-order valence-corrected chi connectivity index (χ2v) is 7.61. The maximum Gasteiger partial charge on any atom is 0.271 e. The molecule has 0 spiro atoms. The van der Waals surface area contributed by atoms with Gasteiger partial charge in [-0.2, -0.15) is 5.10 Å². The molecule has 4 aliphatic rings. The largest absolute Gasteiger partial charge is 0.271 e. The Morgan fingerprint density at radius 2 is 1.77 bits per heavy atom. The number of carbonyl (C=O) groups excluding carboxylic acids is 1. The SMILES string of the molecule is O=C(N/N=C/CC12CC3CC(CC(C3)C1)C2)c1ccncc1. The minimum absolute atomic E-state index is 0.163. The van der Waals surface area contributed by atoms with Crippen LogP contribution in [0.5, 0.6) is 0 Å². The standard InChI is InChI=1S/C18H23N3O/c22-17(16-1-4-19-5-2-16)21-20-6-3-18-10-13-7-14(11-18)9-15(8-13)12-18/h1-2,4-6,13-15H,3,7-12H2,(H,21,22)/b20-6+. The summed E-state index contributed by atoms with van der Waals surface area (Å²) in [6.07, 6.45) is 14.7. The fourth-order valence-corrected chi connectivity index (χ4v) is 5.45. The maximum atomic E-state index is 11.9. The lowest BCUT2D eigenvalue weighted by atomic mass is 9.49. The van der Waals surface area contributed by atoms with Gasteiger partial charge in [0.25, 0.3) is 5.91 Å². The van der Waals surface area contributed by atoms with Gasteiger partial charge in [0.1, 0.15) is 0 Å². The number of pyridine rings is 1. The Balaban J connectivity index is 1.34. The van der Waals surface area contributed by atoms with Crippen molar-refractivity contribution in [2.45, 2.75) is 44.9 Å². The molecule has 4 nitrogen and oxygen atoms in total. The lowest BCUT2D eigenvalue weighted by Gasteiger charge is -2.56. The fraction of sp³-hybridized carbons (Fsp3) is 0.611. The van der Waals surface area contributed by atoms with E-state index in [9.17, 15) is 4.79 Å². The molecule has 0 unspecified atom stereocenters. The number of rotatable bonds is 4. The summed E-state index contributed by atoms with van der Waals surface area (Å²) in [5, 5.41) is 4.18. The van der Waals surface area contributed by atoms with Gasteiger partial charge >= 0.3 is 0 Å². The van der Waals surface area contributed by atoms with E-state index in [1.807, 2.05) is 6.21 Å². The summed E-state index contributed by atoms with van der Waals surface area (Å²) in [6, 6.07) is 3.40. The van der Waals surface area contributed by atoms with Crippen molar-refractivity contribution in [3.8, 4) is 0 Å². The van der Waals surface area contributed by atoms with Crippen LogP contribution >= 0.6 is 0 Å². The van der Waals surface area contributed by atoms with Gasteiger partial charge in [-0.25, -0.2) is 5.43 Å². The van der Waals surface area contributed by atoms with Crippen LogP contribution in [-0.2, 0) is 0 Å². The maximum absolute atomic E-state index is 11.9. The number of aromatic nitrogens is 1. The summed E-state index contributed by atoms with van der Waals surface area (Å²) in [4.78, 5) is 15.8. The Bertz CT molecular complexity index is 546. The van der Waals surface area contributed by atoms with Gasteiger partial charge in [0.2, 0.25) is 0 Å². The first kappa shape index (κ1) is 13.9. The Labute approximate surface area is 131 Å². The average molecular weight is 297 g/mol. The molecule has 1 amide bonds. The van der Waals surface area contributed by atoms with Crippen molar-refractivity contribution in [3.05, 3.63) is 30.1 Å². The van der Waals surface area contributed by atoms with Crippen LogP contribution in [-0.4, -0.2) is 17.1 Å². The number of hydrazone groups is 1. The predicted octanol–water partition coefficient (Wildman–Crippen LogP) is 3.40. The fourth-order valence-electron chi connectivity index (χ4n) is 5.45. The highest BCUT2D eigenvalue weighted by molar-refractivity contribution is 5.94. The smallest absolute Gasteiger partial charge is 0.267 e. The Hall–Kier alpha value is -1.71. The van der Waals surface area contributed by atoms with E-state index in [1.54, 1.807) is 24.5 Å². The zero-order valence-corrected chi connectivity index (χ0v) is 12.9. The summed E-state index contributed by atoms with van der Waals surface area (Å²) in [7, 11) is 0. The molecule has 4 saturated carbocycles. The minimum Gasteiger partial charge on any atom is -0.267 e. The molecule has 4 heteroatoms. The highest BCUT2D eigenvalue weighted by atomic mass is 16.2. The number of nitrogens with one attached hydrogen (secondary N) is 1. The molecule has 4 fully saturated rings. The van der Waals surface area contributed by atoms with E-state index in [4.69, 9.17) is 0 Å². The molecule has 116 valence electrons. The van der Waals surface area contributed by atoms with Crippen LogP contribution in [0.4, 0.5) is 0 Å². The van der Waals surface area contributed by atoms with E-state index < -0.39 is 0 Å². The van der Waals surface area contributed by atoms with Gasteiger partial charge in [-0.15, -0.1) is 0 Å². The molecule has 1 aromatic rings. The summed E-state index contributed by atoms with van der Waals surface area (Å²) < 4.78 is 0. The molecule has 4 aliphatic carbocycles. The van der Waals surface area contributed by atoms with Crippen LogP contribution in [0, 0.1) is 23.2 Å². The Kier molecular flexibility index (Phi) is 3.47. The summed E-state index contributed by atoms with van der Waals surface area (Å²) in [5.74, 6) is 2.73. The molecule has 22 heavy (non-hydrogen) atoms. The number of carbonyl (C=O) groups is 1. The normalized spacial score (nSPS) is 35.9. The van der Waals surface area contributed by atoms with E-state index in [-0.39, 0.29) is 5.91 Å². The zero-order chi connectivity index (χ0) is 15.0. The molecular weight excluding hydrogens is 274 g/mol. The number of amides is 1. The third kappa shape index (κ3) is 2.67. The average Bonchev–Trinajstić information content (AvgIpc) is 2.51. The van der Waals surface area contributed by atoms with Crippen LogP contribution in [0.25, 0.3) is 0 Å². The van der Waals surface area contributed by atoms with Crippen molar-refractivity contribution in [2.24, 2.45) is 28.3 Å². The van der Waals surface area contributed by atoms with Gasteiger partial charge in [-0.05, 0) is 80.2 Å². The van der Waals surface area contributed by atoms with Crippen LogP contribution in [0.15, 0.2) is 29.6 Å².